The van der Waals surface area contributed by atoms with Crippen LogP contribution in [-0.4, -0.2) is 17.9 Å². The number of benzene rings is 2. The molecule has 1 amide bonds. The maximum Gasteiger partial charge on any atom is 0.254 e. The maximum absolute atomic E-state index is 12.6. The van der Waals surface area contributed by atoms with Crippen molar-refractivity contribution >= 4 is 5.91 Å². The molecule has 0 aliphatic heterocycles. The molecular formula is C19H23NO. The van der Waals surface area contributed by atoms with Gasteiger partial charge in [0, 0.05) is 12.6 Å². The standard InChI is InChI=1S/C19H23NO/c1-14(2)16-10-12-18(13-11-16)19(21)20(4)15(3)17-8-6-5-7-9-17/h5-15H,1-4H3. The zero-order valence-corrected chi connectivity index (χ0v) is 13.2. The number of nitrogens with zero attached hydrogens (tertiary/aromatic N) is 1. The fourth-order valence-corrected chi connectivity index (χ4v) is 2.35. The monoisotopic (exact) mass is 281 g/mol. The summed E-state index contributed by atoms with van der Waals surface area (Å²) in [7, 11) is 1.86. The van der Waals surface area contributed by atoms with Crippen molar-refractivity contribution in [2.45, 2.75) is 32.7 Å². The summed E-state index contributed by atoms with van der Waals surface area (Å²) in [6, 6.07) is 18.1. The summed E-state index contributed by atoms with van der Waals surface area (Å²) in [5, 5.41) is 0. The molecule has 1 atom stereocenters. The van der Waals surface area contributed by atoms with E-state index in [0.29, 0.717) is 5.92 Å². The first-order chi connectivity index (χ1) is 10.0. The van der Waals surface area contributed by atoms with E-state index in [9.17, 15) is 4.79 Å². The molecule has 2 aromatic carbocycles. The molecule has 0 N–H and O–H groups in total. The Balaban J connectivity index is 2.15. The lowest BCUT2D eigenvalue weighted by Gasteiger charge is -2.25. The van der Waals surface area contributed by atoms with Crippen LogP contribution >= 0.6 is 0 Å². The van der Waals surface area contributed by atoms with Crippen LogP contribution < -0.4 is 0 Å². The van der Waals surface area contributed by atoms with Crippen LogP contribution in [0, 0.1) is 0 Å². The van der Waals surface area contributed by atoms with Crippen LogP contribution in [0.5, 0.6) is 0 Å². The van der Waals surface area contributed by atoms with Crippen LogP contribution in [0.4, 0.5) is 0 Å². The number of hydrogen-bond donors (Lipinski definition) is 0. The molecule has 2 rings (SSSR count). The average molecular weight is 281 g/mol. The van der Waals surface area contributed by atoms with Gasteiger partial charge in [-0.15, -0.1) is 0 Å². The van der Waals surface area contributed by atoms with Crippen molar-refractivity contribution in [1.82, 2.24) is 4.90 Å². The van der Waals surface area contributed by atoms with Crippen molar-refractivity contribution in [2.75, 3.05) is 7.05 Å². The van der Waals surface area contributed by atoms with Crippen molar-refractivity contribution < 1.29 is 4.79 Å². The summed E-state index contributed by atoms with van der Waals surface area (Å²) in [6.07, 6.45) is 0. The summed E-state index contributed by atoms with van der Waals surface area (Å²) < 4.78 is 0. The highest BCUT2D eigenvalue weighted by Gasteiger charge is 2.18. The Labute approximate surface area is 127 Å². The number of rotatable bonds is 4. The van der Waals surface area contributed by atoms with Crippen molar-refractivity contribution in [3.05, 3.63) is 71.3 Å². The molecule has 2 heteroatoms. The molecular weight excluding hydrogens is 258 g/mol. The van der Waals surface area contributed by atoms with Gasteiger partial charge in [-0.05, 0) is 36.1 Å². The molecule has 0 saturated heterocycles. The van der Waals surface area contributed by atoms with Gasteiger partial charge in [0.25, 0.3) is 5.91 Å². The van der Waals surface area contributed by atoms with Crippen LogP contribution in [0.1, 0.15) is 54.2 Å². The Bertz CT molecular complexity index is 587. The van der Waals surface area contributed by atoms with Crippen molar-refractivity contribution in [3.63, 3.8) is 0 Å². The van der Waals surface area contributed by atoms with Gasteiger partial charge < -0.3 is 4.90 Å². The molecule has 0 heterocycles. The van der Waals surface area contributed by atoms with Crippen molar-refractivity contribution in [1.29, 1.82) is 0 Å². The quantitative estimate of drug-likeness (QED) is 0.799. The average Bonchev–Trinajstić information content (AvgIpc) is 2.53. The Kier molecular flexibility index (Phi) is 4.79. The van der Waals surface area contributed by atoms with E-state index < -0.39 is 0 Å². The third-order valence-corrected chi connectivity index (χ3v) is 4.01. The third-order valence-electron chi connectivity index (χ3n) is 4.01. The summed E-state index contributed by atoms with van der Waals surface area (Å²) >= 11 is 0. The second kappa shape index (κ2) is 6.57. The van der Waals surface area contributed by atoms with Crippen LogP contribution in [0.2, 0.25) is 0 Å². The highest BCUT2D eigenvalue weighted by Crippen LogP contribution is 2.21. The molecule has 2 nitrogen and oxygen atoms in total. The van der Waals surface area contributed by atoms with E-state index in [1.165, 1.54) is 5.56 Å². The fraction of sp³-hybridized carbons (Fsp3) is 0.316. The number of carbonyl (C=O) groups excluding carboxylic acids is 1. The Morgan fingerprint density at radius 3 is 1.95 bits per heavy atom. The van der Waals surface area contributed by atoms with Crippen molar-refractivity contribution in [3.8, 4) is 0 Å². The van der Waals surface area contributed by atoms with Crippen LogP contribution in [-0.2, 0) is 0 Å². The molecule has 110 valence electrons. The minimum atomic E-state index is 0.0571. The van der Waals surface area contributed by atoms with Gasteiger partial charge in [-0.3, -0.25) is 4.79 Å². The molecule has 0 bridgehead atoms. The van der Waals surface area contributed by atoms with Gasteiger partial charge in [0.2, 0.25) is 0 Å². The predicted octanol–water partition coefficient (Wildman–Crippen LogP) is 4.64. The smallest absolute Gasteiger partial charge is 0.254 e. The van der Waals surface area contributed by atoms with Gasteiger partial charge >= 0.3 is 0 Å². The molecule has 0 aromatic heterocycles. The molecule has 0 aliphatic rings. The summed E-state index contributed by atoms with van der Waals surface area (Å²) in [6.45, 7) is 6.36. The maximum atomic E-state index is 12.6. The first-order valence-corrected chi connectivity index (χ1v) is 7.42. The van der Waals surface area contributed by atoms with Gasteiger partial charge in [0.15, 0.2) is 0 Å². The predicted molar refractivity (Wildman–Crippen MR) is 87.5 cm³/mol. The van der Waals surface area contributed by atoms with Gasteiger partial charge in [-0.25, -0.2) is 0 Å². The van der Waals surface area contributed by atoms with Crippen LogP contribution in [0.3, 0.4) is 0 Å². The highest BCUT2D eigenvalue weighted by atomic mass is 16.2. The molecule has 0 radical (unpaired) electrons. The topological polar surface area (TPSA) is 20.3 Å². The van der Waals surface area contributed by atoms with E-state index in [-0.39, 0.29) is 11.9 Å². The van der Waals surface area contributed by atoms with Gasteiger partial charge in [-0.1, -0.05) is 56.3 Å². The third kappa shape index (κ3) is 3.52. The molecule has 0 fully saturated rings. The molecule has 2 aromatic rings. The van der Waals surface area contributed by atoms with E-state index >= 15 is 0 Å². The van der Waals surface area contributed by atoms with Gasteiger partial charge in [-0.2, -0.15) is 0 Å². The summed E-state index contributed by atoms with van der Waals surface area (Å²) in [4.78, 5) is 14.4. The molecule has 21 heavy (non-hydrogen) atoms. The van der Waals surface area contributed by atoms with E-state index in [1.54, 1.807) is 4.90 Å². The fourth-order valence-electron chi connectivity index (χ4n) is 2.35. The Hall–Kier alpha value is -2.09. The second-order valence-corrected chi connectivity index (χ2v) is 5.78. The second-order valence-electron chi connectivity index (χ2n) is 5.78. The zero-order chi connectivity index (χ0) is 15.4. The number of amides is 1. The van der Waals surface area contributed by atoms with Gasteiger partial charge in [0.05, 0.1) is 6.04 Å². The molecule has 0 saturated carbocycles. The Morgan fingerprint density at radius 1 is 0.857 bits per heavy atom. The van der Waals surface area contributed by atoms with Crippen LogP contribution in [0.25, 0.3) is 0 Å². The minimum absolute atomic E-state index is 0.0571. The lowest BCUT2D eigenvalue weighted by Crippen LogP contribution is -2.29. The van der Waals surface area contributed by atoms with Crippen molar-refractivity contribution in [2.24, 2.45) is 0 Å². The Morgan fingerprint density at radius 2 is 1.43 bits per heavy atom. The first kappa shape index (κ1) is 15.3. The SMILES string of the molecule is CC(C)c1ccc(C(=O)N(C)C(C)c2ccccc2)cc1. The van der Waals surface area contributed by atoms with E-state index in [0.717, 1.165) is 11.1 Å². The summed E-state index contributed by atoms with van der Waals surface area (Å²) in [5.41, 5.74) is 3.14. The van der Waals surface area contributed by atoms with Crippen LogP contribution in [0.15, 0.2) is 54.6 Å². The molecule has 0 spiro atoms. The zero-order valence-electron chi connectivity index (χ0n) is 13.2. The lowest BCUT2D eigenvalue weighted by molar-refractivity contribution is 0.0742. The molecule has 1 unspecified atom stereocenters. The van der Waals surface area contributed by atoms with E-state index in [4.69, 9.17) is 0 Å². The summed E-state index contributed by atoms with van der Waals surface area (Å²) in [5.74, 6) is 0.539. The normalized spacial score (nSPS) is 12.2. The van der Waals surface area contributed by atoms with Gasteiger partial charge in [0.1, 0.15) is 0 Å². The number of carbonyl (C=O) groups is 1. The van der Waals surface area contributed by atoms with E-state index in [1.807, 2.05) is 49.5 Å². The minimum Gasteiger partial charge on any atom is -0.335 e. The van der Waals surface area contributed by atoms with E-state index in [2.05, 4.69) is 32.9 Å². The molecule has 0 aliphatic carbocycles. The lowest BCUT2D eigenvalue weighted by atomic mass is 10.0. The highest BCUT2D eigenvalue weighted by molar-refractivity contribution is 5.94. The largest absolute Gasteiger partial charge is 0.335 e. The first-order valence-electron chi connectivity index (χ1n) is 7.42. The number of hydrogen-bond acceptors (Lipinski definition) is 1.